The summed E-state index contributed by atoms with van der Waals surface area (Å²) in [7, 11) is -3.51. The molecular weight excluding hydrogens is 328 g/mol. The highest BCUT2D eigenvalue weighted by atomic mass is 32.2. The molecule has 132 valence electrons. The normalized spacial score (nSPS) is 22.8. The first-order chi connectivity index (χ1) is 11.4. The van der Waals surface area contributed by atoms with Gasteiger partial charge in [-0.25, -0.2) is 8.42 Å². The maximum Gasteiger partial charge on any atom is 0.251 e. The molecule has 1 atom stereocenters. The summed E-state index contributed by atoms with van der Waals surface area (Å²) in [5, 5.41) is 0. The van der Waals surface area contributed by atoms with Gasteiger partial charge in [-0.3, -0.25) is 4.79 Å². The maximum atomic E-state index is 12.8. The van der Waals surface area contributed by atoms with E-state index in [1.807, 2.05) is 26.0 Å². The van der Waals surface area contributed by atoms with Crippen molar-refractivity contribution in [1.29, 1.82) is 0 Å². The zero-order valence-corrected chi connectivity index (χ0v) is 15.0. The summed E-state index contributed by atoms with van der Waals surface area (Å²) in [5.74, 6) is -0.00364. The van der Waals surface area contributed by atoms with Gasteiger partial charge in [0.05, 0.1) is 4.90 Å². The van der Waals surface area contributed by atoms with Crippen LogP contribution in [0.4, 0.5) is 0 Å². The molecule has 0 radical (unpaired) electrons. The Hall–Kier alpha value is -1.44. The van der Waals surface area contributed by atoms with Crippen LogP contribution in [-0.4, -0.2) is 62.4 Å². The predicted octanol–water partition coefficient (Wildman–Crippen LogP) is 1.32. The van der Waals surface area contributed by atoms with Gasteiger partial charge in [0.1, 0.15) is 6.10 Å². The van der Waals surface area contributed by atoms with Gasteiger partial charge in [-0.2, -0.15) is 4.31 Å². The fourth-order valence-electron chi connectivity index (χ4n) is 3.35. The monoisotopic (exact) mass is 352 g/mol. The molecule has 2 aliphatic heterocycles. The molecule has 0 aliphatic carbocycles. The van der Waals surface area contributed by atoms with Crippen LogP contribution in [0.1, 0.15) is 24.0 Å². The van der Waals surface area contributed by atoms with Gasteiger partial charge in [0.25, 0.3) is 5.91 Å². The fraction of sp³-hybridized carbons (Fsp3) is 0.588. The van der Waals surface area contributed by atoms with Crippen molar-refractivity contribution in [2.75, 3.05) is 32.8 Å². The minimum atomic E-state index is -3.51. The number of carbonyl (C=O) groups is 1. The summed E-state index contributed by atoms with van der Waals surface area (Å²) >= 11 is 0. The minimum Gasteiger partial charge on any atom is -0.368 e. The minimum absolute atomic E-state index is 0.00364. The van der Waals surface area contributed by atoms with E-state index in [-0.39, 0.29) is 12.0 Å². The van der Waals surface area contributed by atoms with E-state index in [1.165, 1.54) is 4.31 Å². The number of nitrogens with zero attached hydrogens (tertiary/aromatic N) is 2. The van der Waals surface area contributed by atoms with Crippen molar-refractivity contribution in [3.8, 4) is 0 Å². The third-order valence-electron chi connectivity index (χ3n) is 4.70. The molecule has 1 amide bonds. The molecule has 0 aromatic heterocycles. The van der Waals surface area contributed by atoms with E-state index in [2.05, 4.69) is 0 Å². The lowest BCUT2D eigenvalue weighted by atomic mass is 10.2. The molecule has 2 aliphatic rings. The SMILES string of the molecule is Cc1ccc(S(=O)(=O)N2CCN(C(=O)[C@@H]3CCCO3)CC2)c(C)c1. The highest BCUT2D eigenvalue weighted by molar-refractivity contribution is 7.89. The van der Waals surface area contributed by atoms with Crippen molar-refractivity contribution in [1.82, 2.24) is 9.21 Å². The summed E-state index contributed by atoms with van der Waals surface area (Å²) in [6, 6.07) is 5.37. The van der Waals surface area contributed by atoms with Crippen molar-refractivity contribution in [2.24, 2.45) is 0 Å². The molecular formula is C17H24N2O4S. The average Bonchev–Trinajstić information content (AvgIpc) is 3.08. The Morgan fingerprint density at radius 3 is 2.46 bits per heavy atom. The Bertz CT molecular complexity index is 718. The fourth-order valence-corrected chi connectivity index (χ4v) is 4.98. The number of piperazine rings is 1. The number of sulfonamides is 1. The Labute approximate surface area is 143 Å². The lowest BCUT2D eigenvalue weighted by Gasteiger charge is -2.35. The standard InChI is InChI=1S/C17H24N2O4S/c1-13-5-6-16(14(2)12-13)24(21,22)19-9-7-18(8-10-19)17(20)15-4-3-11-23-15/h5-6,12,15H,3-4,7-11H2,1-2H3/t15-/m0/s1. The molecule has 3 rings (SSSR count). The molecule has 6 nitrogen and oxygen atoms in total. The first-order valence-electron chi connectivity index (χ1n) is 8.37. The Morgan fingerprint density at radius 2 is 1.88 bits per heavy atom. The van der Waals surface area contributed by atoms with Gasteiger partial charge in [0.15, 0.2) is 0 Å². The molecule has 0 N–H and O–H groups in total. The second-order valence-electron chi connectivity index (χ2n) is 6.50. The van der Waals surface area contributed by atoms with E-state index in [0.717, 1.165) is 24.0 Å². The summed E-state index contributed by atoms with van der Waals surface area (Å²) in [4.78, 5) is 14.4. The average molecular weight is 352 g/mol. The van der Waals surface area contributed by atoms with E-state index >= 15 is 0 Å². The quantitative estimate of drug-likeness (QED) is 0.823. The molecule has 2 fully saturated rings. The van der Waals surface area contributed by atoms with Crippen molar-refractivity contribution in [3.05, 3.63) is 29.3 Å². The number of hydrogen-bond acceptors (Lipinski definition) is 4. The number of rotatable bonds is 3. The molecule has 0 unspecified atom stereocenters. The van der Waals surface area contributed by atoms with Gasteiger partial charge < -0.3 is 9.64 Å². The van der Waals surface area contributed by atoms with Gasteiger partial charge in [-0.05, 0) is 38.3 Å². The largest absolute Gasteiger partial charge is 0.368 e. The number of ether oxygens (including phenoxy) is 1. The highest BCUT2D eigenvalue weighted by Crippen LogP contribution is 2.23. The van der Waals surface area contributed by atoms with Gasteiger partial charge in [0.2, 0.25) is 10.0 Å². The molecule has 2 heterocycles. The van der Waals surface area contributed by atoms with Gasteiger partial charge in [-0.1, -0.05) is 17.7 Å². The second-order valence-corrected chi connectivity index (χ2v) is 8.41. The van der Waals surface area contributed by atoms with Crippen LogP contribution in [-0.2, 0) is 19.6 Å². The van der Waals surface area contributed by atoms with E-state index in [4.69, 9.17) is 4.74 Å². The first-order valence-corrected chi connectivity index (χ1v) is 9.81. The van der Waals surface area contributed by atoms with Crippen molar-refractivity contribution < 1.29 is 17.9 Å². The topological polar surface area (TPSA) is 66.9 Å². The molecule has 0 spiro atoms. The highest BCUT2D eigenvalue weighted by Gasteiger charge is 2.34. The van der Waals surface area contributed by atoms with Crippen LogP contribution in [0.2, 0.25) is 0 Å². The van der Waals surface area contributed by atoms with Crippen LogP contribution in [0.5, 0.6) is 0 Å². The number of hydrogen-bond donors (Lipinski definition) is 0. The smallest absolute Gasteiger partial charge is 0.251 e. The maximum absolute atomic E-state index is 12.8. The Balaban J connectivity index is 1.68. The molecule has 0 bridgehead atoms. The van der Waals surface area contributed by atoms with E-state index in [0.29, 0.717) is 37.7 Å². The summed E-state index contributed by atoms with van der Waals surface area (Å²) in [6.07, 6.45) is 1.34. The van der Waals surface area contributed by atoms with Crippen LogP contribution in [0, 0.1) is 13.8 Å². The van der Waals surface area contributed by atoms with Crippen molar-refractivity contribution in [3.63, 3.8) is 0 Å². The van der Waals surface area contributed by atoms with E-state index < -0.39 is 10.0 Å². The summed E-state index contributed by atoms with van der Waals surface area (Å²) < 4.78 is 32.6. The molecule has 1 aromatic rings. The molecule has 1 aromatic carbocycles. The lowest BCUT2D eigenvalue weighted by Crippen LogP contribution is -2.52. The van der Waals surface area contributed by atoms with E-state index in [9.17, 15) is 13.2 Å². The van der Waals surface area contributed by atoms with E-state index in [1.54, 1.807) is 11.0 Å². The zero-order chi connectivity index (χ0) is 17.3. The zero-order valence-electron chi connectivity index (χ0n) is 14.2. The summed E-state index contributed by atoms with van der Waals surface area (Å²) in [5.41, 5.74) is 1.80. The van der Waals surface area contributed by atoms with Crippen LogP contribution in [0.25, 0.3) is 0 Å². The van der Waals surface area contributed by atoms with Crippen LogP contribution >= 0.6 is 0 Å². The van der Waals surface area contributed by atoms with Gasteiger partial charge in [0, 0.05) is 32.8 Å². The first kappa shape index (κ1) is 17.4. The molecule has 24 heavy (non-hydrogen) atoms. The van der Waals surface area contributed by atoms with Crippen LogP contribution in [0.15, 0.2) is 23.1 Å². The third kappa shape index (κ3) is 3.34. The van der Waals surface area contributed by atoms with Gasteiger partial charge in [-0.15, -0.1) is 0 Å². The Kier molecular flexibility index (Phi) is 4.94. The van der Waals surface area contributed by atoms with Crippen LogP contribution < -0.4 is 0 Å². The number of carbonyl (C=O) groups excluding carboxylic acids is 1. The molecule has 7 heteroatoms. The van der Waals surface area contributed by atoms with Gasteiger partial charge >= 0.3 is 0 Å². The molecule has 2 saturated heterocycles. The third-order valence-corrected chi connectivity index (χ3v) is 6.76. The number of benzene rings is 1. The summed E-state index contributed by atoms with van der Waals surface area (Å²) in [6.45, 7) is 5.89. The molecule has 0 saturated carbocycles. The second kappa shape index (κ2) is 6.82. The lowest BCUT2D eigenvalue weighted by molar-refractivity contribution is -0.142. The predicted molar refractivity (Wildman–Crippen MR) is 90.2 cm³/mol. The number of amides is 1. The van der Waals surface area contributed by atoms with Crippen molar-refractivity contribution >= 4 is 15.9 Å². The Morgan fingerprint density at radius 1 is 1.17 bits per heavy atom. The number of aryl methyl sites for hydroxylation is 2. The van der Waals surface area contributed by atoms with Crippen LogP contribution in [0.3, 0.4) is 0 Å². The van der Waals surface area contributed by atoms with Crippen molar-refractivity contribution in [2.45, 2.75) is 37.7 Å².